The number of aryl methyl sites for hydroxylation is 1. The van der Waals surface area contributed by atoms with Crippen molar-refractivity contribution in [3.8, 4) is 5.69 Å². The third-order valence-electron chi connectivity index (χ3n) is 3.65. The van der Waals surface area contributed by atoms with Gasteiger partial charge in [0.2, 0.25) is 0 Å². The molecule has 0 aliphatic rings. The number of carbonyl (C=O) groups excluding carboxylic acids is 2. The average molecular weight is 366 g/mol. The highest BCUT2D eigenvalue weighted by atomic mass is 16.6. The van der Waals surface area contributed by atoms with Crippen LogP contribution in [0.2, 0.25) is 0 Å². The summed E-state index contributed by atoms with van der Waals surface area (Å²) in [4.78, 5) is 34.1. The number of nitro benzene ring substituents is 1. The largest absolute Gasteiger partial charge is 0.291 e. The topological polar surface area (TPSA) is 132 Å². The number of nitrogens with zero attached hydrogens (tertiary/aromatic N) is 4. The number of benzene rings is 2. The average Bonchev–Trinajstić information content (AvgIpc) is 3.16. The molecule has 10 heteroatoms. The van der Waals surface area contributed by atoms with Gasteiger partial charge >= 0.3 is 0 Å². The van der Waals surface area contributed by atoms with Gasteiger partial charge < -0.3 is 0 Å². The molecule has 0 bridgehead atoms. The highest BCUT2D eigenvalue weighted by Gasteiger charge is 2.14. The molecule has 2 aromatic carbocycles. The maximum atomic E-state index is 12.1. The first-order valence-corrected chi connectivity index (χ1v) is 7.78. The summed E-state index contributed by atoms with van der Waals surface area (Å²) in [6.07, 6.45) is 1.43. The van der Waals surface area contributed by atoms with E-state index in [0.717, 1.165) is 11.3 Å². The van der Waals surface area contributed by atoms with Crippen LogP contribution in [-0.2, 0) is 0 Å². The molecule has 27 heavy (non-hydrogen) atoms. The molecule has 10 nitrogen and oxygen atoms in total. The molecule has 2 N–H and O–H groups in total. The van der Waals surface area contributed by atoms with Crippen LogP contribution in [0, 0.1) is 17.0 Å². The SMILES string of the molecule is Cc1ccc(-n2cc(C(=O)NNC(=O)c3ccc([N+](=O)[O-])cc3)nn2)cc1. The summed E-state index contributed by atoms with van der Waals surface area (Å²) in [7, 11) is 0. The van der Waals surface area contributed by atoms with E-state index in [-0.39, 0.29) is 16.9 Å². The molecule has 1 heterocycles. The standard InChI is InChI=1S/C17H14N6O4/c1-11-2-6-13(7-3-11)22-10-15(18-21-22)17(25)20-19-16(24)12-4-8-14(9-5-12)23(26)27/h2-10H,1H3,(H,19,24)(H,20,25). The van der Waals surface area contributed by atoms with Crippen LogP contribution < -0.4 is 10.9 Å². The second kappa shape index (κ2) is 7.44. The van der Waals surface area contributed by atoms with E-state index in [1.165, 1.54) is 35.1 Å². The number of amides is 2. The molecule has 0 atom stereocenters. The van der Waals surface area contributed by atoms with Crippen LogP contribution in [-0.4, -0.2) is 31.7 Å². The first-order chi connectivity index (χ1) is 12.9. The molecule has 2 amide bonds. The Bertz CT molecular complexity index is 995. The Kier molecular flexibility index (Phi) is 4.88. The number of nitrogens with one attached hydrogen (secondary N) is 2. The highest BCUT2D eigenvalue weighted by Crippen LogP contribution is 2.11. The zero-order chi connectivity index (χ0) is 19.4. The number of hydrogen-bond donors (Lipinski definition) is 2. The van der Waals surface area contributed by atoms with Crippen molar-refractivity contribution in [2.45, 2.75) is 6.92 Å². The quantitative estimate of drug-likeness (QED) is 0.532. The maximum absolute atomic E-state index is 12.1. The summed E-state index contributed by atoms with van der Waals surface area (Å²) in [6.45, 7) is 1.96. The molecule has 1 aromatic heterocycles. The van der Waals surface area contributed by atoms with Crippen LogP contribution >= 0.6 is 0 Å². The normalized spacial score (nSPS) is 10.3. The van der Waals surface area contributed by atoms with Crippen molar-refractivity contribution >= 4 is 17.5 Å². The Morgan fingerprint density at radius 3 is 2.26 bits per heavy atom. The summed E-state index contributed by atoms with van der Waals surface area (Å²) in [6, 6.07) is 12.4. The molecule has 0 saturated carbocycles. The molecule has 0 unspecified atom stereocenters. The zero-order valence-corrected chi connectivity index (χ0v) is 14.1. The molecule has 0 fully saturated rings. The lowest BCUT2D eigenvalue weighted by Crippen LogP contribution is -2.41. The fraction of sp³-hybridized carbons (Fsp3) is 0.0588. The van der Waals surface area contributed by atoms with E-state index in [4.69, 9.17) is 0 Å². The number of non-ortho nitro benzene ring substituents is 1. The minimum Gasteiger partial charge on any atom is -0.267 e. The number of aromatic nitrogens is 3. The number of carbonyl (C=O) groups is 2. The first-order valence-electron chi connectivity index (χ1n) is 7.78. The van der Waals surface area contributed by atoms with Crippen LogP contribution in [0.4, 0.5) is 5.69 Å². The Balaban J connectivity index is 1.61. The molecule has 0 aliphatic heterocycles. The monoisotopic (exact) mass is 366 g/mol. The fourth-order valence-corrected chi connectivity index (χ4v) is 2.18. The van der Waals surface area contributed by atoms with E-state index in [1.54, 1.807) is 0 Å². The minimum absolute atomic E-state index is 0.0135. The molecular formula is C17H14N6O4. The van der Waals surface area contributed by atoms with Gasteiger partial charge in [-0.25, -0.2) is 4.68 Å². The van der Waals surface area contributed by atoms with Gasteiger partial charge in [-0.1, -0.05) is 22.9 Å². The number of nitro groups is 1. The number of hydrogen-bond acceptors (Lipinski definition) is 6. The van der Waals surface area contributed by atoms with Gasteiger partial charge in [0.1, 0.15) is 0 Å². The molecule has 0 spiro atoms. The lowest BCUT2D eigenvalue weighted by Gasteiger charge is -2.05. The molecule has 0 radical (unpaired) electrons. The predicted molar refractivity (Wildman–Crippen MR) is 94.1 cm³/mol. The molecular weight excluding hydrogens is 352 g/mol. The van der Waals surface area contributed by atoms with E-state index >= 15 is 0 Å². The van der Waals surface area contributed by atoms with E-state index in [0.29, 0.717) is 0 Å². The molecule has 3 rings (SSSR count). The molecule has 136 valence electrons. The van der Waals surface area contributed by atoms with Crippen molar-refractivity contribution in [1.29, 1.82) is 0 Å². The van der Waals surface area contributed by atoms with Crippen molar-refractivity contribution in [1.82, 2.24) is 25.8 Å². The maximum Gasteiger partial charge on any atom is 0.291 e. The second-order valence-corrected chi connectivity index (χ2v) is 5.60. The third kappa shape index (κ3) is 4.12. The van der Waals surface area contributed by atoms with E-state index in [2.05, 4.69) is 21.2 Å². The van der Waals surface area contributed by atoms with Crippen molar-refractivity contribution in [2.24, 2.45) is 0 Å². The van der Waals surface area contributed by atoms with Gasteiger partial charge in [-0.3, -0.25) is 30.6 Å². The van der Waals surface area contributed by atoms with Crippen LogP contribution in [0.15, 0.2) is 54.7 Å². The van der Waals surface area contributed by atoms with Crippen molar-refractivity contribution in [3.63, 3.8) is 0 Å². The summed E-state index contributed by atoms with van der Waals surface area (Å²) >= 11 is 0. The second-order valence-electron chi connectivity index (χ2n) is 5.60. The molecule has 0 aliphatic carbocycles. The van der Waals surface area contributed by atoms with Crippen molar-refractivity contribution in [3.05, 3.63) is 81.7 Å². The minimum atomic E-state index is -0.649. The number of rotatable bonds is 4. The summed E-state index contributed by atoms with van der Waals surface area (Å²) in [5.41, 5.74) is 6.30. The van der Waals surface area contributed by atoms with Crippen molar-refractivity contribution < 1.29 is 14.5 Å². The van der Waals surface area contributed by atoms with Gasteiger partial charge in [-0.05, 0) is 31.2 Å². The van der Waals surface area contributed by atoms with Crippen LogP contribution in [0.25, 0.3) is 5.69 Å². The van der Waals surface area contributed by atoms with E-state index in [9.17, 15) is 19.7 Å². The van der Waals surface area contributed by atoms with Crippen LogP contribution in [0.1, 0.15) is 26.4 Å². The summed E-state index contributed by atoms with van der Waals surface area (Å²) in [5.74, 6) is -1.27. The smallest absolute Gasteiger partial charge is 0.267 e. The number of hydrazine groups is 1. The zero-order valence-electron chi connectivity index (χ0n) is 14.1. The predicted octanol–water partition coefficient (Wildman–Crippen LogP) is 1.56. The van der Waals surface area contributed by atoms with Gasteiger partial charge in [0.25, 0.3) is 17.5 Å². The Labute approximate surface area is 152 Å². The Morgan fingerprint density at radius 1 is 1.00 bits per heavy atom. The first kappa shape index (κ1) is 17.7. The van der Waals surface area contributed by atoms with Gasteiger partial charge in [0.15, 0.2) is 5.69 Å². The summed E-state index contributed by atoms with van der Waals surface area (Å²) in [5, 5.41) is 18.3. The van der Waals surface area contributed by atoms with Crippen LogP contribution in [0.5, 0.6) is 0 Å². The Morgan fingerprint density at radius 2 is 1.63 bits per heavy atom. The van der Waals surface area contributed by atoms with Gasteiger partial charge in [0.05, 0.1) is 16.8 Å². The van der Waals surface area contributed by atoms with Gasteiger partial charge in [0, 0.05) is 17.7 Å². The fourth-order valence-electron chi connectivity index (χ4n) is 2.18. The lowest BCUT2D eigenvalue weighted by atomic mass is 10.2. The van der Waals surface area contributed by atoms with Crippen LogP contribution in [0.3, 0.4) is 0 Å². The van der Waals surface area contributed by atoms with Gasteiger partial charge in [-0.15, -0.1) is 5.10 Å². The lowest BCUT2D eigenvalue weighted by molar-refractivity contribution is -0.384. The molecule has 3 aromatic rings. The summed E-state index contributed by atoms with van der Waals surface area (Å²) < 4.78 is 1.44. The van der Waals surface area contributed by atoms with E-state index in [1.807, 2.05) is 31.2 Å². The van der Waals surface area contributed by atoms with Gasteiger partial charge in [-0.2, -0.15) is 0 Å². The third-order valence-corrected chi connectivity index (χ3v) is 3.65. The molecule has 0 saturated heterocycles. The Hall–Kier alpha value is -4.08. The van der Waals surface area contributed by atoms with E-state index < -0.39 is 16.7 Å². The van der Waals surface area contributed by atoms with Crippen molar-refractivity contribution in [2.75, 3.05) is 0 Å². The highest BCUT2D eigenvalue weighted by molar-refractivity contribution is 5.98.